The van der Waals surface area contributed by atoms with Crippen LogP contribution in [0.25, 0.3) is 0 Å². The van der Waals surface area contributed by atoms with Crippen LogP contribution in [0.3, 0.4) is 0 Å². The Bertz CT molecular complexity index is 612. The molecule has 1 rings (SSSR count). The molecule has 1 aromatic carbocycles. The summed E-state index contributed by atoms with van der Waals surface area (Å²) in [4.78, 5) is 22.1. The van der Waals surface area contributed by atoms with Gasteiger partial charge in [-0.25, -0.2) is 17.9 Å². The molecule has 0 fully saturated rings. The second-order valence-electron chi connectivity index (χ2n) is 4.22. The Balaban J connectivity index is 2.83. The van der Waals surface area contributed by atoms with Gasteiger partial charge in [0.15, 0.2) is 0 Å². The standard InChI is InChI=1S/C12H16N2O5S/c1-8(11(15)13-2)14-20(18,19)7-9-4-3-5-10(6-9)12(16)17/h3-6,8,14H,7H2,1-2H3,(H,13,15)(H,16,17). The summed E-state index contributed by atoms with van der Waals surface area (Å²) in [6.07, 6.45) is 0. The second-order valence-corrected chi connectivity index (χ2v) is 5.97. The minimum absolute atomic E-state index is 0.0112. The van der Waals surface area contributed by atoms with Crippen LogP contribution >= 0.6 is 0 Å². The highest BCUT2D eigenvalue weighted by atomic mass is 32.2. The van der Waals surface area contributed by atoms with Crippen LogP contribution in [0, 0.1) is 0 Å². The number of benzene rings is 1. The molecule has 0 aromatic heterocycles. The van der Waals surface area contributed by atoms with Crippen molar-refractivity contribution in [3.63, 3.8) is 0 Å². The first-order chi connectivity index (χ1) is 9.25. The third kappa shape index (κ3) is 4.63. The molecule has 1 amide bonds. The van der Waals surface area contributed by atoms with Gasteiger partial charge in [-0.1, -0.05) is 12.1 Å². The molecule has 0 saturated carbocycles. The number of carboxylic acid groups (broad SMARTS) is 1. The maximum atomic E-state index is 11.9. The van der Waals surface area contributed by atoms with Crippen molar-refractivity contribution in [3.05, 3.63) is 35.4 Å². The Morgan fingerprint density at radius 1 is 1.35 bits per heavy atom. The lowest BCUT2D eigenvalue weighted by molar-refractivity contribution is -0.121. The summed E-state index contributed by atoms with van der Waals surface area (Å²) in [6, 6.07) is 4.74. The summed E-state index contributed by atoms with van der Waals surface area (Å²) in [5.41, 5.74) is 0.346. The third-order valence-electron chi connectivity index (χ3n) is 2.53. The van der Waals surface area contributed by atoms with Crippen molar-refractivity contribution >= 4 is 21.9 Å². The largest absolute Gasteiger partial charge is 0.478 e. The van der Waals surface area contributed by atoms with Crippen molar-refractivity contribution in [2.24, 2.45) is 0 Å². The summed E-state index contributed by atoms with van der Waals surface area (Å²) in [7, 11) is -2.33. The Hall–Kier alpha value is -1.93. The van der Waals surface area contributed by atoms with Crippen molar-refractivity contribution in [3.8, 4) is 0 Å². The summed E-state index contributed by atoms with van der Waals surface area (Å²) in [5.74, 6) is -1.97. The van der Waals surface area contributed by atoms with Crippen LogP contribution < -0.4 is 10.0 Å². The summed E-state index contributed by atoms with van der Waals surface area (Å²) < 4.78 is 26.0. The molecule has 0 aliphatic heterocycles. The number of hydrogen-bond donors (Lipinski definition) is 3. The highest BCUT2D eigenvalue weighted by Gasteiger charge is 2.20. The molecule has 8 heteroatoms. The van der Waals surface area contributed by atoms with E-state index in [4.69, 9.17) is 5.11 Å². The fourth-order valence-corrected chi connectivity index (χ4v) is 2.94. The fourth-order valence-electron chi connectivity index (χ4n) is 1.59. The first-order valence-electron chi connectivity index (χ1n) is 5.79. The number of carbonyl (C=O) groups excluding carboxylic acids is 1. The van der Waals surface area contributed by atoms with Gasteiger partial charge in [0.1, 0.15) is 0 Å². The number of nitrogens with one attached hydrogen (secondary N) is 2. The van der Waals surface area contributed by atoms with Gasteiger partial charge in [0.25, 0.3) is 0 Å². The number of hydrogen-bond acceptors (Lipinski definition) is 4. The smallest absolute Gasteiger partial charge is 0.335 e. The molecular formula is C12H16N2O5S. The minimum Gasteiger partial charge on any atom is -0.478 e. The van der Waals surface area contributed by atoms with E-state index in [0.29, 0.717) is 5.56 Å². The topological polar surface area (TPSA) is 113 Å². The van der Waals surface area contributed by atoms with Crippen molar-refractivity contribution in [2.75, 3.05) is 7.05 Å². The maximum absolute atomic E-state index is 11.9. The van der Waals surface area contributed by atoms with Crippen molar-refractivity contribution in [1.29, 1.82) is 0 Å². The molecular weight excluding hydrogens is 284 g/mol. The SMILES string of the molecule is CNC(=O)C(C)NS(=O)(=O)Cc1cccc(C(=O)O)c1. The van der Waals surface area contributed by atoms with Crippen LogP contribution in [0.15, 0.2) is 24.3 Å². The molecule has 0 aliphatic carbocycles. The van der Waals surface area contributed by atoms with Gasteiger partial charge in [0.2, 0.25) is 15.9 Å². The van der Waals surface area contributed by atoms with Gasteiger partial charge in [-0.15, -0.1) is 0 Å². The van der Waals surface area contributed by atoms with Crippen LogP contribution in [-0.2, 0) is 20.6 Å². The summed E-state index contributed by atoms with van der Waals surface area (Å²) >= 11 is 0. The lowest BCUT2D eigenvalue weighted by atomic mass is 10.1. The van der Waals surface area contributed by atoms with E-state index in [1.165, 1.54) is 38.2 Å². The Morgan fingerprint density at radius 2 is 2.00 bits per heavy atom. The minimum atomic E-state index is -3.74. The van der Waals surface area contributed by atoms with Crippen LogP contribution in [0.4, 0.5) is 0 Å². The fraction of sp³-hybridized carbons (Fsp3) is 0.333. The van der Waals surface area contributed by atoms with Gasteiger partial charge in [-0.3, -0.25) is 4.79 Å². The van der Waals surface area contributed by atoms with Gasteiger partial charge < -0.3 is 10.4 Å². The van der Waals surface area contributed by atoms with E-state index < -0.39 is 33.7 Å². The first-order valence-corrected chi connectivity index (χ1v) is 7.44. The summed E-state index contributed by atoms with van der Waals surface area (Å²) in [6.45, 7) is 1.42. The Kier molecular flexibility index (Phi) is 5.23. The zero-order valence-corrected chi connectivity index (χ0v) is 11.9. The van der Waals surface area contributed by atoms with Crippen molar-refractivity contribution in [2.45, 2.75) is 18.7 Å². The molecule has 0 bridgehead atoms. The molecule has 1 atom stereocenters. The molecule has 20 heavy (non-hydrogen) atoms. The van der Waals surface area contributed by atoms with Gasteiger partial charge >= 0.3 is 5.97 Å². The molecule has 0 saturated heterocycles. The molecule has 0 heterocycles. The lowest BCUT2D eigenvalue weighted by Crippen LogP contribution is -2.43. The zero-order valence-electron chi connectivity index (χ0n) is 11.1. The molecule has 0 aliphatic rings. The van der Waals surface area contributed by atoms with E-state index >= 15 is 0 Å². The average molecular weight is 300 g/mol. The summed E-state index contributed by atoms with van der Waals surface area (Å²) in [5, 5.41) is 11.2. The zero-order chi connectivity index (χ0) is 15.3. The van der Waals surface area contributed by atoms with E-state index in [9.17, 15) is 18.0 Å². The molecule has 1 aromatic rings. The van der Waals surface area contributed by atoms with Crippen LogP contribution in [0.2, 0.25) is 0 Å². The van der Waals surface area contributed by atoms with Crippen molar-refractivity contribution < 1.29 is 23.1 Å². The number of sulfonamides is 1. The third-order valence-corrected chi connectivity index (χ3v) is 3.95. The van der Waals surface area contributed by atoms with Gasteiger partial charge in [0, 0.05) is 7.05 Å². The van der Waals surface area contributed by atoms with E-state index in [2.05, 4.69) is 10.0 Å². The number of likely N-dealkylation sites (N-methyl/N-ethyl adjacent to an activating group) is 1. The average Bonchev–Trinajstić information content (AvgIpc) is 2.36. The normalized spacial score (nSPS) is 12.7. The second kappa shape index (κ2) is 6.49. The number of aromatic carboxylic acids is 1. The lowest BCUT2D eigenvalue weighted by Gasteiger charge is -2.12. The highest BCUT2D eigenvalue weighted by Crippen LogP contribution is 2.09. The van der Waals surface area contributed by atoms with Crippen LogP contribution in [0.1, 0.15) is 22.8 Å². The number of carboxylic acids is 1. The monoisotopic (exact) mass is 300 g/mol. The van der Waals surface area contributed by atoms with Crippen LogP contribution in [-0.4, -0.2) is 38.5 Å². The number of carbonyl (C=O) groups is 2. The number of amides is 1. The Morgan fingerprint density at radius 3 is 2.55 bits per heavy atom. The molecule has 0 spiro atoms. The molecule has 1 unspecified atom stereocenters. The predicted molar refractivity (Wildman–Crippen MR) is 72.7 cm³/mol. The van der Waals surface area contributed by atoms with Gasteiger partial charge in [-0.2, -0.15) is 0 Å². The molecule has 3 N–H and O–H groups in total. The highest BCUT2D eigenvalue weighted by molar-refractivity contribution is 7.88. The quantitative estimate of drug-likeness (QED) is 0.681. The van der Waals surface area contributed by atoms with E-state index in [1.54, 1.807) is 0 Å². The van der Waals surface area contributed by atoms with Gasteiger partial charge in [0.05, 0.1) is 17.4 Å². The predicted octanol–water partition coefficient (Wildman–Crippen LogP) is -0.0613. The molecule has 110 valence electrons. The van der Waals surface area contributed by atoms with Gasteiger partial charge in [-0.05, 0) is 24.6 Å². The maximum Gasteiger partial charge on any atom is 0.335 e. The van der Waals surface area contributed by atoms with E-state index in [-0.39, 0.29) is 5.56 Å². The Labute approximate surface area is 117 Å². The number of rotatable bonds is 6. The van der Waals surface area contributed by atoms with Crippen LogP contribution in [0.5, 0.6) is 0 Å². The molecule has 7 nitrogen and oxygen atoms in total. The molecule has 0 radical (unpaired) electrons. The van der Waals surface area contributed by atoms with E-state index in [1.807, 2.05) is 0 Å². The van der Waals surface area contributed by atoms with E-state index in [0.717, 1.165) is 0 Å². The van der Waals surface area contributed by atoms with Crippen molar-refractivity contribution in [1.82, 2.24) is 10.0 Å². The first kappa shape index (κ1) is 16.1.